The number of carbonyl (C=O) groups is 1. The lowest BCUT2D eigenvalue weighted by Crippen LogP contribution is -2.06. The van der Waals surface area contributed by atoms with Crippen LogP contribution in [0.4, 0.5) is 0 Å². The van der Waals surface area contributed by atoms with Crippen LogP contribution < -0.4 is 4.74 Å². The molecule has 0 bridgehead atoms. The average molecular weight is 338 g/mol. The topological polar surface area (TPSA) is 35.5 Å². The molecule has 0 aromatic heterocycles. The van der Waals surface area contributed by atoms with Crippen LogP contribution in [0.1, 0.15) is 15.9 Å². The first kappa shape index (κ1) is 12.5. The third-order valence-corrected chi connectivity index (χ3v) is 2.95. The van der Waals surface area contributed by atoms with E-state index in [1.54, 1.807) is 6.07 Å². The highest BCUT2D eigenvalue weighted by Gasteiger charge is 2.16. The summed E-state index contributed by atoms with van der Waals surface area (Å²) in [6, 6.07) is 3.57. The molecule has 0 spiro atoms. The first-order valence-corrected chi connectivity index (χ1v) is 6.06. The Labute approximate surface area is 105 Å². The number of alkyl halides is 1. The summed E-state index contributed by atoms with van der Waals surface area (Å²) in [4.78, 5) is 11.5. The van der Waals surface area contributed by atoms with E-state index in [1.165, 1.54) is 14.2 Å². The monoisotopic (exact) mass is 336 g/mol. The molecule has 0 amide bonds. The van der Waals surface area contributed by atoms with Crippen molar-refractivity contribution in [2.45, 2.75) is 5.33 Å². The summed E-state index contributed by atoms with van der Waals surface area (Å²) in [5.74, 6) is 0.136. The van der Waals surface area contributed by atoms with E-state index in [-0.39, 0.29) is 0 Å². The molecule has 0 heterocycles. The molecule has 0 aliphatic carbocycles. The van der Waals surface area contributed by atoms with Gasteiger partial charge in [0.1, 0.15) is 11.3 Å². The van der Waals surface area contributed by atoms with Gasteiger partial charge in [0, 0.05) is 15.4 Å². The number of halogens is 2. The summed E-state index contributed by atoms with van der Waals surface area (Å²) in [7, 11) is 2.87. The van der Waals surface area contributed by atoms with E-state index >= 15 is 0 Å². The van der Waals surface area contributed by atoms with E-state index in [9.17, 15) is 4.79 Å². The number of hydrogen-bond acceptors (Lipinski definition) is 3. The Balaban J connectivity index is 3.35. The molecular formula is C10H10Br2O3. The summed E-state index contributed by atoms with van der Waals surface area (Å²) >= 11 is 6.67. The number of ether oxygens (including phenoxy) is 2. The average Bonchev–Trinajstić information content (AvgIpc) is 2.26. The minimum absolute atomic E-state index is 0.407. The zero-order chi connectivity index (χ0) is 11.4. The second-order valence-corrected chi connectivity index (χ2v) is 4.25. The zero-order valence-corrected chi connectivity index (χ0v) is 11.5. The molecule has 0 aliphatic rings. The molecular weight excluding hydrogens is 328 g/mol. The fourth-order valence-corrected chi connectivity index (χ4v) is 2.17. The summed E-state index contributed by atoms with van der Waals surface area (Å²) < 4.78 is 10.7. The molecule has 0 saturated heterocycles. The van der Waals surface area contributed by atoms with Crippen molar-refractivity contribution in [1.82, 2.24) is 0 Å². The van der Waals surface area contributed by atoms with E-state index in [0.717, 1.165) is 10.0 Å². The molecule has 1 aromatic carbocycles. The number of esters is 1. The lowest BCUT2D eigenvalue weighted by atomic mass is 10.1. The number of hydrogen-bond donors (Lipinski definition) is 0. The van der Waals surface area contributed by atoms with Crippen LogP contribution in [-0.4, -0.2) is 20.2 Å². The van der Waals surface area contributed by atoms with E-state index in [0.29, 0.717) is 16.6 Å². The maximum atomic E-state index is 11.5. The van der Waals surface area contributed by atoms with E-state index in [2.05, 4.69) is 36.6 Å². The van der Waals surface area contributed by atoms with Crippen LogP contribution in [0.3, 0.4) is 0 Å². The van der Waals surface area contributed by atoms with Gasteiger partial charge in [-0.15, -0.1) is 0 Å². The number of methoxy groups -OCH3 is 2. The molecule has 82 valence electrons. The van der Waals surface area contributed by atoms with Gasteiger partial charge in [0.05, 0.1) is 14.2 Å². The lowest BCUT2D eigenvalue weighted by Gasteiger charge is -2.11. The highest BCUT2D eigenvalue weighted by atomic mass is 79.9. The number of benzene rings is 1. The van der Waals surface area contributed by atoms with Gasteiger partial charge in [0.2, 0.25) is 0 Å². The van der Waals surface area contributed by atoms with Crippen molar-refractivity contribution < 1.29 is 14.3 Å². The van der Waals surface area contributed by atoms with Gasteiger partial charge >= 0.3 is 5.97 Å². The third-order valence-electron chi connectivity index (χ3n) is 1.88. The summed E-state index contributed by atoms with van der Waals surface area (Å²) in [5.41, 5.74) is 1.32. The van der Waals surface area contributed by atoms with E-state index < -0.39 is 5.97 Å². The van der Waals surface area contributed by atoms with Crippen molar-refractivity contribution in [3.05, 3.63) is 27.7 Å². The molecule has 3 nitrogen and oxygen atoms in total. The van der Waals surface area contributed by atoms with Crippen molar-refractivity contribution >= 4 is 37.8 Å². The Bertz CT molecular complexity index is 377. The van der Waals surface area contributed by atoms with Crippen LogP contribution in [0.5, 0.6) is 5.75 Å². The van der Waals surface area contributed by atoms with Crippen molar-refractivity contribution in [1.29, 1.82) is 0 Å². The molecule has 1 rings (SSSR count). The first-order valence-electron chi connectivity index (χ1n) is 4.14. The van der Waals surface area contributed by atoms with Gasteiger partial charge in [-0.1, -0.05) is 31.9 Å². The van der Waals surface area contributed by atoms with Crippen molar-refractivity contribution in [2.24, 2.45) is 0 Å². The van der Waals surface area contributed by atoms with Crippen LogP contribution in [-0.2, 0) is 10.1 Å². The fourth-order valence-electron chi connectivity index (χ4n) is 1.25. The maximum absolute atomic E-state index is 11.5. The summed E-state index contributed by atoms with van der Waals surface area (Å²) in [6.45, 7) is 0. The van der Waals surface area contributed by atoms with Crippen LogP contribution >= 0.6 is 31.9 Å². The normalized spacial score (nSPS) is 9.87. The van der Waals surface area contributed by atoms with E-state index in [4.69, 9.17) is 4.74 Å². The SMILES string of the molecule is COC(=O)c1cc(Br)cc(CBr)c1OC. The minimum Gasteiger partial charge on any atom is -0.496 e. The second kappa shape index (κ2) is 5.51. The van der Waals surface area contributed by atoms with Gasteiger partial charge in [-0.2, -0.15) is 0 Å². The molecule has 0 saturated carbocycles. The molecule has 15 heavy (non-hydrogen) atoms. The van der Waals surface area contributed by atoms with Crippen molar-refractivity contribution in [3.8, 4) is 5.75 Å². The van der Waals surface area contributed by atoms with E-state index in [1.807, 2.05) is 6.07 Å². The third kappa shape index (κ3) is 2.72. The number of rotatable bonds is 3. The van der Waals surface area contributed by atoms with Crippen LogP contribution in [0, 0.1) is 0 Å². The van der Waals surface area contributed by atoms with Gasteiger partial charge in [0.25, 0.3) is 0 Å². The molecule has 1 aromatic rings. The molecule has 0 unspecified atom stereocenters. The Morgan fingerprint density at radius 2 is 2.07 bits per heavy atom. The second-order valence-electron chi connectivity index (χ2n) is 2.77. The predicted molar refractivity (Wildman–Crippen MR) is 64.7 cm³/mol. The summed E-state index contributed by atoms with van der Waals surface area (Å²) in [5, 5.41) is 0.611. The van der Waals surface area contributed by atoms with Crippen LogP contribution in [0.2, 0.25) is 0 Å². The smallest absolute Gasteiger partial charge is 0.341 e. The zero-order valence-electron chi connectivity index (χ0n) is 8.34. The van der Waals surface area contributed by atoms with Gasteiger partial charge in [-0.05, 0) is 12.1 Å². The Morgan fingerprint density at radius 1 is 1.40 bits per heavy atom. The molecule has 5 heteroatoms. The standard InChI is InChI=1S/C10H10Br2O3/c1-14-9-6(5-11)3-7(12)4-8(9)10(13)15-2/h3-4H,5H2,1-2H3. The van der Waals surface area contributed by atoms with Gasteiger partial charge < -0.3 is 9.47 Å². The molecule has 0 radical (unpaired) electrons. The first-order chi connectivity index (χ1) is 7.13. The van der Waals surface area contributed by atoms with Gasteiger partial charge in [-0.3, -0.25) is 0 Å². The maximum Gasteiger partial charge on any atom is 0.341 e. The Morgan fingerprint density at radius 3 is 2.53 bits per heavy atom. The molecule has 0 aliphatic heterocycles. The molecule has 0 atom stereocenters. The highest BCUT2D eigenvalue weighted by molar-refractivity contribution is 9.10. The molecule has 0 fully saturated rings. The summed E-state index contributed by atoms with van der Waals surface area (Å²) in [6.07, 6.45) is 0. The van der Waals surface area contributed by atoms with Crippen LogP contribution in [0.15, 0.2) is 16.6 Å². The predicted octanol–water partition coefficient (Wildman–Crippen LogP) is 3.14. The fraction of sp³-hybridized carbons (Fsp3) is 0.300. The quantitative estimate of drug-likeness (QED) is 0.628. The Kier molecular flexibility index (Phi) is 4.60. The van der Waals surface area contributed by atoms with Gasteiger partial charge in [-0.25, -0.2) is 4.79 Å². The van der Waals surface area contributed by atoms with Crippen molar-refractivity contribution in [2.75, 3.05) is 14.2 Å². The minimum atomic E-state index is -0.407. The van der Waals surface area contributed by atoms with Crippen molar-refractivity contribution in [3.63, 3.8) is 0 Å². The van der Waals surface area contributed by atoms with Gasteiger partial charge in [0.15, 0.2) is 0 Å². The highest BCUT2D eigenvalue weighted by Crippen LogP contribution is 2.30. The lowest BCUT2D eigenvalue weighted by molar-refractivity contribution is 0.0597. The molecule has 0 N–H and O–H groups in total. The van der Waals surface area contributed by atoms with Crippen LogP contribution in [0.25, 0.3) is 0 Å². The largest absolute Gasteiger partial charge is 0.496 e. The Hall–Kier alpha value is -0.550. The number of carbonyl (C=O) groups excluding carboxylic acids is 1.